The molecule has 1 heterocycles. The topological polar surface area (TPSA) is 24.1 Å². The molecule has 1 rings (SSSR count). The van der Waals surface area contributed by atoms with E-state index < -0.39 is 0 Å². The highest BCUT2D eigenvalue weighted by atomic mass is 32.1. The van der Waals surface area contributed by atoms with Gasteiger partial charge in [0.2, 0.25) is 0 Å². The predicted molar refractivity (Wildman–Crippen MR) is 37.7 cm³/mol. The lowest BCUT2D eigenvalue weighted by molar-refractivity contribution is 0.601. The second kappa shape index (κ2) is 2.79. The zero-order valence-corrected chi connectivity index (χ0v) is 5.24. The second-order valence-electron chi connectivity index (χ2n) is 1.59. The fourth-order valence-corrected chi connectivity index (χ4v) is 0.747. The van der Waals surface area contributed by atoms with E-state index in [9.17, 15) is 0 Å². The third-order valence-electron chi connectivity index (χ3n) is 0.985. The van der Waals surface area contributed by atoms with Gasteiger partial charge in [-0.3, -0.25) is 5.32 Å². The summed E-state index contributed by atoms with van der Waals surface area (Å²) >= 11 is 4.69. The second-order valence-corrected chi connectivity index (χ2v) is 1.86. The first-order valence-electron chi connectivity index (χ1n) is 2.53. The Labute approximate surface area is 54.0 Å². The van der Waals surface area contributed by atoms with Crippen molar-refractivity contribution in [1.82, 2.24) is 10.6 Å². The average Bonchev–Trinajstić information content (AvgIpc) is 1.90. The number of hydrogen-bond donors (Lipinski definition) is 2. The van der Waals surface area contributed by atoms with Gasteiger partial charge in [0.05, 0.1) is 0 Å². The van der Waals surface area contributed by atoms with E-state index in [4.69, 9.17) is 0 Å². The molecule has 1 unspecified atom stereocenters. The molecule has 1 atom stereocenters. The molecule has 0 saturated carbocycles. The number of rotatable bonds is 1. The first-order valence-corrected chi connectivity index (χ1v) is 3.00. The Hall–Kier alpha value is -0.410. The summed E-state index contributed by atoms with van der Waals surface area (Å²) in [4.78, 5) is 0. The molecule has 44 valence electrons. The molecule has 2 nitrogen and oxygen atoms in total. The van der Waals surface area contributed by atoms with Gasteiger partial charge in [0, 0.05) is 11.9 Å². The van der Waals surface area contributed by atoms with Crippen LogP contribution in [0.3, 0.4) is 0 Å². The third kappa shape index (κ3) is 1.28. The summed E-state index contributed by atoms with van der Waals surface area (Å²) < 4.78 is 0. The van der Waals surface area contributed by atoms with Gasteiger partial charge in [-0.2, -0.15) is 0 Å². The van der Waals surface area contributed by atoms with Crippen molar-refractivity contribution in [2.75, 3.05) is 6.54 Å². The minimum atomic E-state index is 0.190. The maximum absolute atomic E-state index is 4.69. The zero-order valence-electron chi connectivity index (χ0n) is 4.42. The first-order chi connectivity index (χ1) is 3.93. The molecule has 0 fully saturated rings. The van der Waals surface area contributed by atoms with Gasteiger partial charge in [0.15, 0.2) is 0 Å². The van der Waals surface area contributed by atoms with Crippen molar-refractivity contribution in [3.63, 3.8) is 0 Å². The van der Waals surface area contributed by atoms with Gasteiger partial charge in [-0.1, -0.05) is 18.3 Å². The average molecular weight is 128 g/mol. The van der Waals surface area contributed by atoms with Crippen molar-refractivity contribution in [2.45, 2.75) is 6.17 Å². The quantitative estimate of drug-likeness (QED) is 0.487. The molecule has 0 aromatic rings. The van der Waals surface area contributed by atoms with Crippen LogP contribution < -0.4 is 10.6 Å². The van der Waals surface area contributed by atoms with Gasteiger partial charge in [-0.25, -0.2) is 0 Å². The Morgan fingerprint density at radius 1 is 1.75 bits per heavy atom. The standard InChI is InChI=1S/C5H8N2S/c8-4-5-6-2-1-3-7-5/h1-2,4-7H,3H2. The summed E-state index contributed by atoms with van der Waals surface area (Å²) in [6.45, 7) is 0.908. The predicted octanol–water partition coefficient (Wildman–Crippen LogP) is 0.0187. The molecule has 0 spiro atoms. The maximum atomic E-state index is 4.69. The van der Waals surface area contributed by atoms with E-state index in [2.05, 4.69) is 22.9 Å². The minimum Gasteiger partial charge on any atom is -0.372 e. The van der Waals surface area contributed by atoms with Crippen LogP contribution in [-0.2, 0) is 0 Å². The lowest BCUT2D eigenvalue weighted by atomic mass is 10.4. The molecule has 1 aliphatic heterocycles. The van der Waals surface area contributed by atoms with Crippen LogP contribution in [0.4, 0.5) is 0 Å². The molecular weight excluding hydrogens is 120 g/mol. The van der Waals surface area contributed by atoms with Gasteiger partial charge < -0.3 is 5.32 Å². The lowest BCUT2D eigenvalue weighted by Crippen LogP contribution is -2.43. The van der Waals surface area contributed by atoms with Crippen LogP contribution in [0, 0.1) is 0 Å². The molecular formula is C5H8N2S. The highest BCUT2D eigenvalue weighted by Crippen LogP contribution is 1.80. The van der Waals surface area contributed by atoms with Gasteiger partial charge in [0.25, 0.3) is 0 Å². The summed E-state index contributed by atoms with van der Waals surface area (Å²) in [5.41, 5.74) is 0. The van der Waals surface area contributed by atoms with Crippen LogP contribution >= 0.6 is 12.2 Å². The normalized spacial score (nSPS) is 26.8. The van der Waals surface area contributed by atoms with Crippen molar-refractivity contribution in [1.29, 1.82) is 0 Å². The van der Waals surface area contributed by atoms with E-state index in [-0.39, 0.29) is 6.17 Å². The SMILES string of the molecule is S=CC1NC=CCN1. The fourth-order valence-electron chi connectivity index (χ4n) is 0.572. The molecule has 8 heavy (non-hydrogen) atoms. The number of nitrogens with one attached hydrogen (secondary N) is 2. The molecule has 0 aromatic carbocycles. The Balaban J connectivity index is 2.37. The summed E-state index contributed by atoms with van der Waals surface area (Å²) in [5, 5.41) is 7.80. The molecule has 0 radical (unpaired) electrons. The molecule has 0 aliphatic carbocycles. The molecule has 1 aliphatic rings. The van der Waals surface area contributed by atoms with Crippen molar-refractivity contribution in [2.24, 2.45) is 0 Å². The van der Waals surface area contributed by atoms with Crippen molar-refractivity contribution >= 4 is 17.6 Å². The van der Waals surface area contributed by atoms with E-state index in [0.29, 0.717) is 0 Å². The first kappa shape index (κ1) is 5.72. The maximum Gasteiger partial charge on any atom is 0.106 e. The number of hydrogen-bond acceptors (Lipinski definition) is 3. The van der Waals surface area contributed by atoms with Crippen molar-refractivity contribution in [3.05, 3.63) is 12.3 Å². The van der Waals surface area contributed by atoms with E-state index in [1.165, 1.54) is 0 Å². The third-order valence-corrected chi connectivity index (χ3v) is 1.26. The number of thiocarbonyl (C=S) groups is 1. The Morgan fingerprint density at radius 3 is 3.00 bits per heavy atom. The van der Waals surface area contributed by atoms with E-state index in [1.54, 1.807) is 5.37 Å². The monoisotopic (exact) mass is 128 g/mol. The van der Waals surface area contributed by atoms with Crippen LogP contribution in [0.5, 0.6) is 0 Å². The highest BCUT2D eigenvalue weighted by molar-refractivity contribution is 7.79. The molecule has 0 bridgehead atoms. The van der Waals surface area contributed by atoms with Crippen LogP contribution in [0.25, 0.3) is 0 Å². The zero-order chi connectivity index (χ0) is 5.82. The Morgan fingerprint density at radius 2 is 2.62 bits per heavy atom. The van der Waals surface area contributed by atoms with Crippen molar-refractivity contribution in [3.8, 4) is 0 Å². The Bertz CT molecular complexity index is 111. The molecule has 0 amide bonds. The summed E-state index contributed by atoms with van der Waals surface area (Å²) in [7, 11) is 0. The van der Waals surface area contributed by atoms with Gasteiger partial charge in [-0.05, 0) is 6.20 Å². The van der Waals surface area contributed by atoms with E-state index in [0.717, 1.165) is 6.54 Å². The highest BCUT2D eigenvalue weighted by Gasteiger charge is 2.00. The summed E-state index contributed by atoms with van der Waals surface area (Å²) in [6, 6.07) is 0. The van der Waals surface area contributed by atoms with Gasteiger partial charge in [0.1, 0.15) is 6.17 Å². The van der Waals surface area contributed by atoms with Crippen molar-refractivity contribution < 1.29 is 0 Å². The molecule has 0 aromatic heterocycles. The van der Waals surface area contributed by atoms with Crippen LogP contribution in [-0.4, -0.2) is 18.1 Å². The largest absolute Gasteiger partial charge is 0.372 e. The Kier molecular flexibility index (Phi) is 2.00. The summed E-state index contributed by atoms with van der Waals surface area (Å²) in [6.07, 6.45) is 4.11. The van der Waals surface area contributed by atoms with Crippen LogP contribution in [0.2, 0.25) is 0 Å². The molecule has 2 N–H and O–H groups in total. The fraction of sp³-hybridized carbons (Fsp3) is 0.400. The smallest absolute Gasteiger partial charge is 0.106 e. The summed E-state index contributed by atoms with van der Waals surface area (Å²) in [5.74, 6) is 0. The lowest BCUT2D eigenvalue weighted by Gasteiger charge is -2.16. The van der Waals surface area contributed by atoms with E-state index in [1.807, 2.05) is 12.3 Å². The van der Waals surface area contributed by atoms with E-state index >= 15 is 0 Å². The van der Waals surface area contributed by atoms with Gasteiger partial charge in [-0.15, -0.1) is 0 Å². The van der Waals surface area contributed by atoms with Crippen LogP contribution in [0.1, 0.15) is 0 Å². The van der Waals surface area contributed by atoms with Gasteiger partial charge >= 0.3 is 0 Å². The minimum absolute atomic E-state index is 0.190. The molecule has 3 heteroatoms. The molecule has 0 saturated heterocycles. The van der Waals surface area contributed by atoms with Crippen LogP contribution in [0.15, 0.2) is 12.3 Å².